The Hall–Kier alpha value is -0.910. The Bertz CT molecular complexity index is 482. The summed E-state index contributed by atoms with van der Waals surface area (Å²) in [5.74, 6) is -0.860. The second-order valence-corrected chi connectivity index (χ2v) is 6.23. The van der Waals surface area contributed by atoms with Crippen LogP contribution in [0.3, 0.4) is 0 Å². The van der Waals surface area contributed by atoms with Gasteiger partial charge in [0, 0.05) is 12.1 Å². The number of aliphatic hydroxyl groups is 1. The summed E-state index contributed by atoms with van der Waals surface area (Å²) < 4.78 is 5.70. The van der Waals surface area contributed by atoms with Crippen molar-refractivity contribution >= 4 is 23.0 Å². The number of benzene rings is 1. The highest BCUT2D eigenvalue weighted by Gasteiger charge is 2.40. The van der Waals surface area contributed by atoms with Gasteiger partial charge in [-0.1, -0.05) is 30.3 Å². The predicted molar refractivity (Wildman–Crippen MR) is 90.3 cm³/mol. The molecule has 2 fully saturated rings. The predicted octanol–water partition coefficient (Wildman–Crippen LogP) is 2.51. The molecule has 0 spiro atoms. The lowest BCUT2D eigenvalue weighted by Gasteiger charge is -2.36. The molecule has 0 amide bonds. The molecule has 3 rings (SSSR count). The third kappa shape index (κ3) is 3.53. The van der Waals surface area contributed by atoms with Gasteiger partial charge in [0.2, 0.25) is 0 Å². The second kappa shape index (κ2) is 7.57. The first-order valence-electron chi connectivity index (χ1n) is 7.77. The molecule has 2 heterocycles. The summed E-state index contributed by atoms with van der Waals surface area (Å²) in [6.07, 6.45) is 4.26. The average molecular weight is 370 g/mol. The van der Waals surface area contributed by atoms with Crippen molar-refractivity contribution in [3.8, 4) is 0 Å². The van der Waals surface area contributed by atoms with E-state index in [1.807, 2.05) is 30.3 Å². The Labute approximate surface area is 142 Å². The first-order valence-corrected chi connectivity index (χ1v) is 7.77. The first kappa shape index (κ1) is 17.4. The van der Waals surface area contributed by atoms with E-state index in [1.54, 1.807) is 0 Å². The van der Waals surface area contributed by atoms with E-state index in [1.165, 1.54) is 12.8 Å². The highest BCUT2D eigenvalue weighted by molar-refractivity contribution is 8.93. The van der Waals surface area contributed by atoms with Crippen LogP contribution in [0.1, 0.15) is 37.2 Å². The Morgan fingerprint density at radius 3 is 2.41 bits per heavy atom. The first-order chi connectivity index (χ1) is 10.2. The van der Waals surface area contributed by atoms with Gasteiger partial charge in [-0.05, 0) is 38.3 Å². The molecule has 2 bridgehead atoms. The van der Waals surface area contributed by atoms with Crippen LogP contribution in [0.15, 0.2) is 30.3 Å². The molecule has 0 aromatic heterocycles. The minimum absolute atomic E-state index is 0. The van der Waals surface area contributed by atoms with Gasteiger partial charge in [0.25, 0.3) is 0 Å². The van der Waals surface area contributed by atoms with E-state index < -0.39 is 5.92 Å². The minimum atomic E-state index is -0.566. The molecule has 3 atom stereocenters. The summed E-state index contributed by atoms with van der Waals surface area (Å²) in [7, 11) is 2.17. The highest BCUT2D eigenvalue weighted by atomic mass is 79.9. The average Bonchev–Trinajstić information content (AvgIpc) is 2.72. The molecule has 0 saturated carbocycles. The molecule has 1 N–H and O–H groups in total. The number of hydrogen-bond acceptors (Lipinski definition) is 4. The Kier molecular flexibility index (Phi) is 6.01. The van der Waals surface area contributed by atoms with Crippen LogP contribution < -0.4 is 0 Å². The summed E-state index contributed by atoms with van der Waals surface area (Å²) in [4.78, 5) is 14.8. The smallest absolute Gasteiger partial charge is 0.316 e. The lowest BCUT2D eigenvalue weighted by molar-refractivity contribution is -0.155. The molecule has 2 saturated heterocycles. The topological polar surface area (TPSA) is 49.8 Å². The molecule has 2 aliphatic rings. The fraction of sp³-hybridized carbons (Fsp3) is 0.588. The number of carbonyl (C=O) groups excluding carboxylic acids is 1. The standard InChI is InChI=1S/C17H23NO3.BrH/c1-18-13-7-8-14(18)10-15(9-13)21-17(20)16(11-19)12-5-3-2-4-6-12;/h2-6,13-16,19H,7-11H2,1H3;1H/t13-,14-,16+;/m0./s1. The van der Waals surface area contributed by atoms with Crippen molar-refractivity contribution < 1.29 is 14.6 Å². The number of hydrogen-bond donors (Lipinski definition) is 1. The van der Waals surface area contributed by atoms with Crippen LogP contribution in [0.25, 0.3) is 0 Å². The normalized spacial score (nSPS) is 28.7. The number of ether oxygens (including phenoxy) is 1. The molecular weight excluding hydrogens is 346 g/mol. The fourth-order valence-electron chi connectivity index (χ4n) is 3.71. The van der Waals surface area contributed by atoms with Crippen molar-refractivity contribution in [3.05, 3.63) is 35.9 Å². The largest absolute Gasteiger partial charge is 0.462 e. The number of fused-ring (bicyclic) bond motifs is 2. The molecule has 122 valence electrons. The van der Waals surface area contributed by atoms with Crippen molar-refractivity contribution in [2.24, 2.45) is 0 Å². The third-order valence-corrected chi connectivity index (χ3v) is 5.01. The number of piperidine rings is 1. The van der Waals surface area contributed by atoms with E-state index in [2.05, 4.69) is 11.9 Å². The third-order valence-electron chi connectivity index (χ3n) is 5.01. The van der Waals surface area contributed by atoms with E-state index in [4.69, 9.17) is 4.74 Å². The number of esters is 1. The SMILES string of the molecule is Br.CN1[C@H]2CC[C@H]1CC(OC(=O)[C@H](CO)c1ccccc1)C2. The van der Waals surface area contributed by atoms with E-state index in [9.17, 15) is 9.90 Å². The van der Waals surface area contributed by atoms with Crippen molar-refractivity contribution in [1.82, 2.24) is 4.90 Å². The lowest BCUT2D eigenvalue weighted by Crippen LogP contribution is -2.43. The minimum Gasteiger partial charge on any atom is -0.462 e. The highest BCUT2D eigenvalue weighted by Crippen LogP contribution is 2.36. The molecule has 1 aromatic carbocycles. The zero-order valence-electron chi connectivity index (χ0n) is 12.9. The fourth-order valence-corrected chi connectivity index (χ4v) is 3.71. The molecule has 2 aliphatic heterocycles. The van der Waals surface area contributed by atoms with Crippen molar-refractivity contribution in [2.45, 2.75) is 49.8 Å². The van der Waals surface area contributed by atoms with Gasteiger partial charge in [-0.25, -0.2) is 0 Å². The number of rotatable bonds is 4. The molecular formula is C17H24BrNO3. The Balaban J connectivity index is 0.00000176. The number of halogens is 1. The van der Waals surface area contributed by atoms with Gasteiger partial charge in [-0.15, -0.1) is 17.0 Å². The monoisotopic (exact) mass is 369 g/mol. The van der Waals surface area contributed by atoms with Gasteiger partial charge in [-0.3, -0.25) is 4.79 Å². The maximum atomic E-state index is 12.4. The van der Waals surface area contributed by atoms with E-state index in [0.717, 1.165) is 18.4 Å². The summed E-state index contributed by atoms with van der Waals surface area (Å²) in [5.41, 5.74) is 0.820. The Morgan fingerprint density at radius 2 is 1.86 bits per heavy atom. The van der Waals surface area contributed by atoms with Crippen LogP contribution in [-0.2, 0) is 9.53 Å². The molecule has 0 unspecified atom stereocenters. The van der Waals surface area contributed by atoms with Crippen LogP contribution in [0.2, 0.25) is 0 Å². The number of nitrogens with zero attached hydrogens (tertiary/aromatic N) is 1. The summed E-state index contributed by atoms with van der Waals surface area (Å²) >= 11 is 0. The van der Waals surface area contributed by atoms with Crippen LogP contribution in [0, 0.1) is 0 Å². The van der Waals surface area contributed by atoms with Crippen LogP contribution >= 0.6 is 17.0 Å². The van der Waals surface area contributed by atoms with Crippen molar-refractivity contribution in [3.63, 3.8) is 0 Å². The van der Waals surface area contributed by atoms with Crippen molar-refractivity contribution in [1.29, 1.82) is 0 Å². The van der Waals surface area contributed by atoms with Crippen LogP contribution in [-0.4, -0.2) is 47.8 Å². The molecule has 0 aliphatic carbocycles. The molecule has 0 radical (unpaired) electrons. The van der Waals surface area contributed by atoms with E-state index >= 15 is 0 Å². The second-order valence-electron chi connectivity index (χ2n) is 6.23. The van der Waals surface area contributed by atoms with E-state index in [-0.39, 0.29) is 35.7 Å². The molecule has 22 heavy (non-hydrogen) atoms. The van der Waals surface area contributed by atoms with E-state index in [0.29, 0.717) is 12.1 Å². The zero-order chi connectivity index (χ0) is 14.8. The van der Waals surface area contributed by atoms with Gasteiger partial charge in [0.15, 0.2) is 0 Å². The van der Waals surface area contributed by atoms with Crippen LogP contribution in [0.4, 0.5) is 0 Å². The van der Waals surface area contributed by atoms with Gasteiger partial charge >= 0.3 is 5.97 Å². The summed E-state index contributed by atoms with van der Waals surface area (Å²) in [6, 6.07) is 10.5. The number of carbonyl (C=O) groups is 1. The molecule has 1 aromatic rings. The van der Waals surface area contributed by atoms with Crippen molar-refractivity contribution in [2.75, 3.05) is 13.7 Å². The Morgan fingerprint density at radius 1 is 1.27 bits per heavy atom. The quantitative estimate of drug-likeness (QED) is 0.828. The maximum absolute atomic E-state index is 12.4. The number of aliphatic hydroxyl groups excluding tert-OH is 1. The zero-order valence-corrected chi connectivity index (χ0v) is 14.6. The summed E-state index contributed by atoms with van der Waals surface area (Å²) in [6.45, 7) is -0.206. The summed E-state index contributed by atoms with van der Waals surface area (Å²) in [5, 5.41) is 9.53. The lowest BCUT2D eigenvalue weighted by atomic mass is 9.98. The van der Waals surface area contributed by atoms with Gasteiger partial charge < -0.3 is 14.7 Å². The molecule has 4 nitrogen and oxygen atoms in total. The molecule has 5 heteroatoms. The maximum Gasteiger partial charge on any atom is 0.316 e. The van der Waals surface area contributed by atoms with Crippen LogP contribution in [0.5, 0.6) is 0 Å². The van der Waals surface area contributed by atoms with Gasteiger partial charge in [0.1, 0.15) is 12.0 Å². The van der Waals surface area contributed by atoms with Gasteiger partial charge in [0.05, 0.1) is 6.61 Å². The van der Waals surface area contributed by atoms with Gasteiger partial charge in [-0.2, -0.15) is 0 Å².